The Bertz CT molecular complexity index is 594. The van der Waals surface area contributed by atoms with Gasteiger partial charge in [-0.15, -0.1) is 0 Å². The first-order chi connectivity index (χ1) is 8.87. The predicted molar refractivity (Wildman–Crippen MR) is 70.4 cm³/mol. The van der Waals surface area contributed by atoms with Crippen molar-refractivity contribution in [3.63, 3.8) is 0 Å². The quantitative estimate of drug-likeness (QED) is 0.865. The number of benzene rings is 1. The molecule has 4 nitrogen and oxygen atoms in total. The van der Waals surface area contributed by atoms with Gasteiger partial charge in [0, 0.05) is 19.7 Å². The lowest BCUT2D eigenvalue weighted by Crippen LogP contribution is -2.29. The average Bonchev–Trinajstić information content (AvgIpc) is 2.85. The van der Waals surface area contributed by atoms with Crippen LogP contribution in [0.2, 0.25) is 10.0 Å². The van der Waals surface area contributed by atoms with E-state index in [9.17, 15) is 12.8 Å². The highest BCUT2D eigenvalue weighted by molar-refractivity contribution is 7.89. The fourth-order valence-electron chi connectivity index (χ4n) is 2.01. The second-order valence-corrected chi connectivity index (χ2v) is 7.07. The van der Waals surface area contributed by atoms with Crippen molar-refractivity contribution >= 4 is 33.2 Å². The lowest BCUT2D eigenvalue weighted by Gasteiger charge is -2.17. The maximum absolute atomic E-state index is 13.6. The third kappa shape index (κ3) is 2.73. The summed E-state index contributed by atoms with van der Waals surface area (Å²) in [5.74, 6) is -1.03. The molecule has 0 aromatic heterocycles. The fourth-order valence-corrected chi connectivity index (χ4v) is 4.26. The Morgan fingerprint density at radius 1 is 1.42 bits per heavy atom. The van der Waals surface area contributed by atoms with E-state index in [0.717, 1.165) is 6.07 Å². The second-order valence-electron chi connectivity index (χ2n) is 4.37. The summed E-state index contributed by atoms with van der Waals surface area (Å²) in [6, 6.07) is 2.35. The molecule has 1 aliphatic heterocycles. The molecule has 1 aromatic rings. The number of sulfonamides is 1. The van der Waals surface area contributed by atoms with E-state index in [1.807, 2.05) is 0 Å². The smallest absolute Gasteiger partial charge is 0.244 e. The van der Waals surface area contributed by atoms with E-state index in [4.69, 9.17) is 28.3 Å². The van der Waals surface area contributed by atoms with Gasteiger partial charge < -0.3 is 5.11 Å². The molecule has 1 fully saturated rings. The van der Waals surface area contributed by atoms with Crippen LogP contribution in [-0.4, -0.2) is 37.5 Å². The molecule has 0 aliphatic carbocycles. The van der Waals surface area contributed by atoms with Gasteiger partial charge in [-0.25, -0.2) is 12.8 Å². The summed E-state index contributed by atoms with van der Waals surface area (Å²) in [7, 11) is -3.86. The van der Waals surface area contributed by atoms with Crippen molar-refractivity contribution in [3.05, 3.63) is 28.0 Å². The maximum Gasteiger partial charge on any atom is 0.244 e. The van der Waals surface area contributed by atoms with Crippen LogP contribution in [0.25, 0.3) is 0 Å². The van der Waals surface area contributed by atoms with Gasteiger partial charge in [0.05, 0.1) is 10.0 Å². The zero-order valence-electron chi connectivity index (χ0n) is 9.81. The van der Waals surface area contributed by atoms with Crippen molar-refractivity contribution in [2.45, 2.75) is 11.3 Å². The van der Waals surface area contributed by atoms with Crippen molar-refractivity contribution in [2.75, 3.05) is 19.7 Å². The molecule has 0 spiro atoms. The minimum atomic E-state index is -3.86. The van der Waals surface area contributed by atoms with Gasteiger partial charge in [0.15, 0.2) is 5.82 Å². The van der Waals surface area contributed by atoms with Gasteiger partial charge in [-0.2, -0.15) is 4.31 Å². The Kier molecular flexibility index (Phi) is 4.37. The van der Waals surface area contributed by atoms with Gasteiger partial charge in [0.1, 0.15) is 4.90 Å². The van der Waals surface area contributed by atoms with Crippen LogP contribution in [-0.2, 0) is 10.0 Å². The molecule has 8 heteroatoms. The zero-order valence-corrected chi connectivity index (χ0v) is 12.1. The molecule has 2 rings (SSSR count). The lowest BCUT2D eigenvalue weighted by molar-refractivity contribution is 0.233. The number of aliphatic hydroxyl groups excluding tert-OH is 1. The lowest BCUT2D eigenvalue weighted by atomic mass is 10.1. The first kappa shape index (κ1) is 15.0. The Labute approximate surface area is 120 Å². The fraction of sp³-hybridized carbons (Fsp3) is 0.455. The molecule has 19 heavy (non-hydrogen) atoms. The molecular formula is C11H12Cl2FNO3S. The first-order valence-electron chi connectivity index (χ1n) is 5.62. The van der Waals surface area contributed by atoms with E-state index < -0.39 is 20.9 Å². The highest BCUT2D eigenvalue weighted by Gasteiger charge is 2.34. The van der Waals surface area contributed by atoms with Crippen LogP contribution in [0.4, 0.5) is 4.39 Å². The Hall–Kier alpha value is -0.400. The van der Waals surface area contributed by atoms with E-state index in [-0.39, 0.29) is 35.5 Å². The topological polar surface area (TPSA) is 57.6 Å². The highest BCUT2D eigenvalue weighted by atomic mass is 35.5. The molecule has 1 atom stereocenters. The Balaban J connectivity index is 2.38. The van der Waals surface area contributed by atoms with Gasteiger partial charge in [-0.1, -0.05) is 23.2 Å². The minimum absolute atomic E-state index is 0.0747. The molecule has 1 aromatic carbocycles. The molecule has 0 saturated carbocycles. The second kappa shape index (κ2) is 5.54. The van der Waals surface area contributed by atoms with Crippen molar-refractivity contribution in [1.82, 2.24) is 4.31 Å². The number of nitrogens with zero attached hydrogens (tertiary/aromatic N) is 1. The van der Waals surface area contributed by atoms with Crippen LogP contribution in [0.1, 0.15) is 6.42 Å². The number of aliphatic hydroxyl groups is 1. The standard InChI is InChI=1S/C11H12Cl2FNO3S/c12-8-1-2-9(10(13)11(8)14)19(17,18)15-4-3-7(5-15)6-16/h1-2,7,16H,3-6H2. The predicted octanol–water partition coefficient (Wildman–Crippen LogP) is 2.14. The molecule has 0 radical (unpaired) electrons. The van der Waals surface area contributed by atoms with Gasteiger partial charge in [-0.05, 0) is 24.5 Å². The van der Waals surface area contributed by atoms with Gasteiger partial charge >= 0.3 is 0 Å². The molecule has 1 aliphatic rings. The van der Waals surface area contributed by atoms with Crippen molar-refractivity contribution < 1.29 is 17.9 Å². The van der Waals surface area contributed by atoms with Crippen LogP contribution >= 0.6 is 23.2 Å². The Morgan fingerprint density at radius 3 is 2.68 bits per heavy atom. The minimum Gasteiger partial charge on any atom is -0.396 e. The van der Waals surface area contributed by atoms with E-state index in [1.54, 1.807) is 0 Å². The molecule has 1 heterocycles. The summed E-state index contributed by atoms with van der Waals surface area (Å²) >= 11 is 11.3. The van der Waals surface area contributed by atoms with E-state index in [2.05, 4.69) is 0 Å². The molecule has 1 saturated heterocycles. The molecular weight excluding hydrogens is 316 g/mol. The average molecular weight is 328 g/mol. The van der Waals surface area contributed by atoms with Crippen LogP contribution in [0, 0.1) is 11.7 Å². The Morgan fingerprint density at radius 2 is 2.11 bits per heavy atom. The third-order valence-electron chi connectivity index (χ3n) is 3.12. The molecule has 1 unspecified atom stereocenters. The summed E-state index contributed by atoms with van der Waals surface area (Å²) in [6.45, 7) is 0.419. The van der Waals surface area contributed by atoms with Crippen molar-refractivity contribution in [2.24, 2.45) is 5.92 Å². The van der Waals surface area contributed by atoms with Gasteiger partial charge in [0.25, 0.3) is 0 Å². The molecule has 0 amide bonds. The summed E-state index contributed by atoms with van der Waals surface area (Å²) in [5, 5.41) is 8.31. The third-order valence-corrected chi connectivity index (χ3v) is 5.81. The summed E-state index contributed by atoms with van der Waals surface area (Å²) < 4.78 is 39.4. The van der Waals surface area contributed by atoms with Crippen LogP contribution in [0.15, 0.2) is 17.0 Å². The number of hydrogen-bond donors (Lipinski definition) is 1. The summed E-state index contributed by atoms with van der Waals surface area (Å²) in [5.41, 5.74) is 0. The van der Waals surface area contributed by atoms with E-state index >= 15 is 0 Å². The number of rotatable bonds is 3. The summed E-state index contributed by atoms with van der Waals surface area (Å²) in [6.07, 6.45) is 0.573. The molecule has 1 N–H and O–H groups in total. The van der Waals surface area contributed by atoms with Crippen LogP contribution < -0.4 is 0 Å². The van der Waals surface area contributed by atoms with Crippen LogP contribution in [0.5, 0.6) is 0 Å². The van der Waals surface area contributed by atoms with Crippen molar-refractivity contribution in [3.8, 4) is 0 Å². The van der Waals surface area contributed by atoms with E-state index in [0.29, 0.717) is 6.42 Å². The van der Waals surface area contributed by atoms with E-state index in [1.165, 1.54) is 10.4 Å². The SMILES string of the molecule is O=S(=O)(c1ccc(Cl)c(F)c1Cl)N1CCC(CO)C1. The number of hydrogen-bond acceptors (Lipinski definition) is 3. The number of halogens is 3. The largest absolute Gasteiger partial charge is 0.396 e. The highest BCUT2D eigenvalue weighted by Crippen LogP contribution is 2.33. The van der Waals surface area contributed by atoms with Crippen LogP contribution in [0.3, 0.4) is 0 Å². The molecule has 0 bridgehead atoms. The zero-order chi connectivity index (χ0) is 14.2. The summed E-state index contributed by atoms with van der Waals surface area (Å²) in [4.78, 5) is -0.297. The normalized spacial score (nSPS) is 20.9. The maximum atomic E-state index is 13.6. The van der Waals surface area contributed by atoms with Gasteiger partial charge in [-0.3, -0.25) is 0 Å². The van der Waals surface area contributed by atoms with Crippen molar-refractivity contribution in [1.29, 1.82) is 0 Å². The monoisotopic (exact) mass is 327 g/mol. The van der Waals surface area contributed by atoms with Gasteiger partial charge in [0.2, 0.25) is 10.0 Å². The first-order valence-corrected chi connectivity index (χ1v) is 7.82. The molecule has 106 valence electrons.